The first-order chi connectivity index (χ1) is 8.88. The average molecular weight is 350 g/mol. The van der Waals surface area contributed by atoms with Crippen molar-refractivity contribution in [2.45, 2.75) is 18.6 Å². The first-order valence-electron chi connectivity index (χ1n) is 5.52. The molecule has 102 valence electrons. The zero-order valence-electron chi connectivity index (χ0n) is 9.75. The fourth-order valence-electron chi connectivity index (χ4n) is 1.87. The molecule has 1 aromatic heterocycles. The lowest BCUT2D eigenvalue weighted by molar-refractivity contribution is -0.138. The summed E-state index contributed by atoms with van der Waals surface area (Å²) in [5.74, 6) is 0. The van der Waals surface area contributed by atoms with Gasteiger partial charge in [-0.3, -0.25) is 0 Å². The SMILES string of the molecule is NC(Cc1cc(Br)cs1)c1ccccc1C(F)(F)F. The smallest absolute Gasteiger partial charge is 0.324 e. The highest BCUT2D eigenvalue weighted by molar-refractivity contribution is 9.10. The Bertz CT molecular complexity index is 565. The fourth-order valence-corrected chi connectivity index (χ4v) is 3.38. The molecule has 0 fully saturated rings. The predicted octanol–water partition coefficient (Wildman–Crippen LogP) is 4.77. The maximum absolute atomic E-state index is 12.9. The van der Waals surface area contributed by atoms with Crippen LogP contribution in [0.2, 0.25) is 0 Å². The van der Waals surface area contributed by atoms with Crippen LogP contribution in [0.25, 0.3) is 0 Å². The highest BCUT2D eigenvalue weighted by Gasteiger charge is 2.34. The second-order valence-corrected chi connectivity index (χ2v) is 6.04. The maximum Gasteiger partial charge on any atom is 0.416 e. The molecule has 1 aromatic carbocycles. The zero-order valence-corrected chi connectivity index (χ0v) is 12.1. The largest absolute Gasteiger partial charge is 0.416 e. The number of hydrogen-bond acceptors (Lipinski definition) is 2. The van der Waals surface area contributed by atoms with Gasteiger partial charge in [0.05, 0.1) is 5.56 Å². The van der Waals surface area contributed by atoms with E-state index in [1.165, 1.54) is 23.5 Å². The Balaban J connectivity index is 2.26. The third kappa shape index (κ3) is 3.58. The number of thiophene rings is 1. The Morgan fingerprint density at radius 2 is 1.95 bits per heavy atom. The number of nitrogens with two attached hydrogens (primary N) is 1. The highest BCUT2D eigenvalue weighted by Crippen LogP contribution is 2.35. The lowest BCUT2D eigenvalue weighted by Gasteiger charge is -2.17. The summed E-state index contributed by atoms with van der Waals surface area (Å²) in [6, 6.07) is 6.68. The van der Waals surface area contributed by atoms with Crippen LogP contribution < -0.4 is 5.73 Å². The second-order valence-electron chi connectivity index (χ2n) is 4.13. The normalized spacial score (nSPS) is 13.5. The van der Waals surface area contributed by atoms with Crippen LogP contribution in [0, 0.1) is 0 Å². The first kappa shape index (κ1) is 14.6. The van der Waals surface area contributed by atoms with Crippen molar-refractivity contribution < 1.29 is 13.2 Å². The van der Waals surface area contributed by atoms with Gasteiger partial charge in [0, 0.05) is 27.2 Å². The maximum atomic E-state index is 12.9. The molecule has 2 rings (SSSR count). The molecule has 2 N–H and O–H groups in total. The summed E-state index contributed by atoms with van der Waals surface area (Å²) in [4.78, 5) is 0.955. The van der Waals surface area contributed by atoms with E-state index < -0.39 is 17.8 Å². The first-order valence-corrected chi connectivity index (χ1v) is 7.20. The molecule has 0 saturated carbocycles. The lowest BCUT2D eigenvalue weighted by Crippen LogP contribution is -2.18. The van der Waals surface area contributed by atoms with Crippen molar-refractivity contribution in [3.63, 3.8) is 0 Å². The number of alkyl halides is 3. The number of rotatable bonds is 3. The van der Waals surface area contributed by atoms with E-state index in [9.17, 15) is 13.2 Å². The van der Waals surface area contributed by atoms with Gasteiger partial charge < -0.3 is 5.73 Å². The second kappa shape index (κ2) is 5.64. The molecule has 0 spiro atoms. The molecule has 0 aliphatic heterocycles. The van der Waals surface area contributed by atoms with E-state index >= 15 is 0 Å². The van der Waals surface area contributed by atoms with Crippen molar-refractivity contribution in [3.05, 3.63) is 56.2 Å². The van der Waals surface area contributed by atoms with Crippen LogP contribution in [-0.2, 0) is 12.6 Å². The number of halogens is 4. The third-order valence-corrected chi connectivity index (χ3v) is 4.43. The Morgan fingerprint density at radius 1 is 1.26 bits per heavy atom. The summed E-state index contributed by atoms with van der Waals surface area (Å²) in [7, 11) is 0. The van der Waals surface area contributed by atoms with Crippen LogP contribution in [-0.4, -0.2) is 0 Å². The molecule has 0 aliphatic rings. The van der Waals surface area contributed by atoms with E-state index in [0.29, 0.717) is 6.42 Å². The lowest BCUT2D eigenvalue weighted by atomic mass is 9.98. The van der Waals surface area contributed by atoms with Gasteiger partial charge in [0.25, 0.3) is 0 Å². The Kier molecular flexibility index (Phi) is 4.32. The van der Waals surface area contributed by atoms with Crippen molar-refractivity contribution >= 4 is 27.3 Å². The molecule has 1 atom stereocenters. The average Bonchev–Trinajstić information content (AvgIpc) is 2.73. The molecule has 6 heteroatoms. The van der Waals surface area contributed by atoms with Crippen molar-refractivity contribution in [3.8, 4) is 0 Å². The van der Waals surface area contributed by atoms with Gasteiger partial charge in [-0.05, 0) is 33.6 Å². The van der Waals surface area contributed by atoms with Crippen molar-refractivity contribution in [1.29, 1.82) is 0 Å². The summed E-state index contributed by atoms with van der Waals surface area (Å²) in [5, 5.41) is 1.89. The molecule has 19 heavy (non-hydrogen) atoms. The van der Waals surface area contributed by atoms with Crippen LogP contribution in [0.5, 0.6) is 0 Å². The minimum Gasteiger partial charge on any atom is -0.324 e. The molecule has 0 aliphatic carbocycles. The highest BCUT2D eigenvalue weighted by atomic mass is 79.9. The Hall–Kier alpha value is -0.850. The van der Waals surface area contributed by atoms with Gasteiger partial charge in [-0.15, -0.1) is 11.3 Å². The molecular formula is C13H11BrF3NS. The zero-order chi connectivity index (χ0) is 14.0. The molecule has 0 bridgehead atoms. The minimum atomic E-state index is -4.37. The van der Waals surface area contributed by atoms with E-state index in [1.54, 1.807) is 6.07 Å². The topological polar surface area (TPSA) is 26.0 Å². The van der Waals surface area contributed by atoms with Gasteiger partial charge in [0.1, 0.15) is 0 Å². The van der Waals surface area contributed by atoms with Crippen LogP contribution in [0.4, 0.5) is 13.2 Å². The summed E-state index contributed by atoms with van der Waals surface area (Å²) < 4.78 is 39.6. The minimum absolute atomic E-state index is 0.138. The van der Waals surface area contributed by atoms with Gasteiger partial charge in [-0.25, -0.2) is 0 Å². The summed E-state index contributed by atoms with van der Waals surface area (Å²) in [5.41, 5.74) is 5.41. The standard InChI is InChI=1S/C13H11BrF3NS/c14-8-5-9(19-7-8)6-12(18)10-3-1-2-4-11(10)13(15,16)17/h1-5,7,12H,6,18H2. The Labute approximate surface area is 121 Å². The van der Waals surface area contributed by atoms with Gasteiger partial charge in [0.2, 0.25) is 0 Å². The van der Waals surface area contributed by atoms with E-state index in [1.807, 2.05) is 11.4 Å². The van der Waals surface area contributed by atoms with Crippen molar-refractivity contribution in [2.24, 2.45) is 5.73 Å². The van der Waals surface area contributed by atoms with Crippen LogP contribution >= 0.6 is 27.3 Å². The van der Waals surface area contributed by atoms with E-state index in [-0.39, 0.29) is 5.56 Å². The molecule has 2 aromatic rings. The molecule has 0 saturated heterocycles. The third-order valence-electron chi connectivity index (χ3n) is 2.71. The number of hydrogen-bond donors (Lipinski definition) is 1. The Morgan fingerprint density at radius 3 is 2.53 bits per heavy atom. The van der Waals surface area contributed by atoms with Crippen LogP contribution in [0.1, 0.15) is 22.0 Å². The molecule has 1 heterocycles. The van der Waals surface area contributed by atoms with E-state index in [0.717, 1.165) is 15.4 Å². The van der Waals surface area contributed by atoms with Gasteiger partial charge in [-0.1, -0.05) is 18.2 Å². The molecule has 1 nitrogen and oxygen atoms in total. The monoisotopic (exact) mass is 349 g/mol. The molecular weight excluding hydrogens is 339 g/mol. The van der Waals surface area contributed by atoms with Crippen molar-refractivity contribution in [1.82, 2.24) is 0 Å². The molecule has 1 unspecified atom stereocenters. The van der Waals surface area contributed by atoms with Gasteiger partial charge >= 0.3 is 6.18 Å². The summed E-state index contributed by atoms with van der Waals surface area (Å²) in [6.45, 7) is 0. The predicted molar refractivity (Wildman–Crippen MR) is 74.1 cm³/mol. The molecule has 0 amide bonds. The van der Waals surface area contributed by atoms with Crippen LogP contribution in [0.15, 0.2) is 40.2 Å². The fraction of sp³-hybridized carbons (Fsp3) is 0.231. The quantitative estimate of drug-likeness (QED) is 0.848. The van der Waals surface area contributed by atoms with Gasteiger partial charge in [0.15, 0.2) is 0 Å². The number of benzene rings is 1. The van der Waals surface area contributed by atoms with Crippen molar-refractivity contribution in [2.75, 3.05) is 0 Å². The van der Waals surface area contributed by atoms with E-state index in [2.05, 4.69) is 15.9 Å². The van der Waals surface area contributed by atoms with Gasteiger partial charge in [-0.2, -0.15) is 13.2 Å². The molecule has 0 radical (unpaired) electrons. The summed E-state index contributed by atoms with van der Waals surface area (Å²) in [6.07, 6.45) is -3.98. The van der Waals surface area contributed by atoms with Crippen LogP contribution in [0.3, 0.4) is 0 Å². The summed E-state index contributed by atoms with van der Waals surface area (Å²) >= 11 is 4.79. The van der Waals surface area contributed by atoms with E-state index in [4.69, 9.17) is 5.73 Å².